The van der Waals surface area contributed by atoms with Crippen LogP contribution >= 0.6 is 0 Å². The van der Waals surface area contributed by atoms with Gasteiger partial charge in [-0.2, -0.15) is 0 Å². The molecule has 1 fully saturated rings. The van der Waals surface area contributed by atoms with Crippen molar-refractivity contribution in [3.63, 3.8) is 0 Å². The van der Waals surface area contributed by atoms with Gasteiger partial charge < -0.3 is 9.47 Å². The first-order valence-electron chi connectivity index (χ1n) is 5.72. The van der Waals surface area contributed by atoms with Crippen LogP contribution in [0.25, 0.3) is 0 Å². The maximum absolute atomic E-state index is 5.84. The summed E-state index contributed by atoms with van der Waals surface area (Å²) in [5.41, 5.74) is 2.96. The van der Waals surface area contributed by atoms with E-state index < -0.39 is 0 Å². The molecule has 1 heterocycles. The Kier molecular flexibility index (Phi) is 2.47. The lowest BCUT2D eigenvalue weighted by molar-refractivity contribution is 0.0344. The van der Waals surface area contributed by atoms with Crippen LogP contribution in [0.5, 0.6) is 0 Å². The van der Waals surface area contributed by atoms with Gasteiger partial charge in [0, 0.05) is 0 Å². The van der Waals surface area contributed by atoms with E-state index in [4.69, 9.17) is 9.47 Å². The van der Waals surface area contributed by atoms with Crippen molar-refractivity contribution in [2.24, 2.45) is 0 Å². The molecule has 0 bridgehead atoms. The maximum atomic E-state index is 5.84. The summed E-state index contributed by atoms with van der Waals surface area (Å²) in [5, 5.41) is 0. The Morgan fingerprint density at radius 2 is 2.07 bits per heavy atom. The highest BCUT2D eigenvalue weighted by molar-refractivity contribution is 5.29. The zero-order valence-corrected chi connectivity index (χ0v) is 8.82. The van der Waals surface area contributed by atoms with E-state index in [1.54, 1.807) is 0 Å². The lowest BCUT2D eigenvalue weighted by atomic mass is 9.90. The summed E-state index contributed by atoms with van der Waals surface area (Å²) in [4.78, 5) is 0. The Bertz CT molecular complexity index is 344. The number of hydrogen-bond acceptors (Lipinski definition) is 2. The van der Waals surface area contributed by atoms with Gasteiger partial charge in [-0.25, -0.2) is 0 Å². The zero-order chi connectivity index (χ0) is 10.1. The molecule has 1 saturated heterocycles. The van der Waals surface area contributed by atoms with Crippen LogP contribution in [0.3, 0.4) is 0 Å². The van der Waals surface area contributed by atoms with E-state index in [0.717, 1.165) is 32.5 Å². The Labute approximate surface area is 90.2 Å². The van der Waals surface area contributed by atoms with Gasteiger partial charge in [-0.15, -0.1) is 0 Å². The molecule has 2 heteroatoms. The standard InChI is InChI=1S/C13H16O2/c1-2-4-11-7-12(6-5-10(11)3-1)14-8-13-9-15-13/h1-4,12-13H,5-9H2. The van der Waals surface area contributed by atoms with E-state index in [9.17, 15) is 0 Å². The predicted octanol–water partition coefficient (Wildman–Crippen LogP) is 1.96. The molecule has 80 valence electrons. The molecule has 2 aliphatic rings. The van der Waals surface area contributed by atoms with Gasteiger partial charge in [0.2, 0.25) is 0 Å². The van der Waals surface area contributed by atoms with Crippen molar-refractivity contribution < 1.29 is 9.47 Å². The van der Waals surface area contributed by atoms with Gasteiger partial charge in [0.15, 0.2) is 0 Å². The van der Waals surface area contributed by atoms with Gasteiger partial charge in [0.05, 0.1) is 19.3 Å². The van der Waals surface area contributed by atoms with E-state index in [-0.39, 0.29) is 0 Å². The van der Waals surface area contributed by atoms with Crippen LogP contribution in [0, 0.1) is 0 Å². The number of aryl methyl sites for hydroxylation is 1. The lowest BCUT2D eigenvalue weighted by Gasteiger charge is -2.24. The van der Waals surface area contributed by atoms with Crippen LogP contribution < -0.4 is 0 Å². The molecule has 0 N–H and O–H groups in total. The van der Waals surface area contributed by atoms with E-state index >= 15 is 0 Å². The molecule has 1 aliphatic heterocycles. The fourth-order valence-electron chi connectivity index (χ4n) is 2.21. The van der Waals surface area contributed by atoms with Gasteiger partial charge in [0.25, 0.3) is 0 Å². The molecule has 0 amide bonds. The average molecular weight is 204 g/mol. The van der Waals surface area contributed by atoms with Gasteiger partial charge >= 0.3 is 0 Å². The highest BCUT2D eigenvalue weighted by atomic mass is 16.6. The van der Waals surface area contributed by atoms with Crippen LogP contribution in [-0.4, -0.2) is 25.4 Å². The molecule has 15 heavy (non-hydrogen) atoms. The lowest BCUT2D eigenvalue weighted by Crippen LogP contribution is -2.24. The van der Waals surface area contributed by atoms with Gasteiger partial charge in [-0.05, 0) is 30.4 Å². The first-order valence-corrected chi connectivity index (χ1v) is 5.72. The molecule has 0 saturated carbocycles. The van der Waals surface area contributed by atoms with Crippen molar-refractivity contribution in [2.45, 2.75) is 31.5 Å². The molecule has 1 aliphatic carbocycles. The van der Waals surface area contributed by atoms with Gasteiger partial charge in [-0.1, -0.05) is 24.3 Å². The Balaban J connectivity index is 1.61. The van der Waals surface area contributed by atoms with Gasteiger partial charge in [0.1, 0.15) is 6.10 Å². The van der Waals surface area contributed by atoms with Crippen molar-refractivity contribution in [1.82, 2.24) is 0 Å². The molecule has 2 nitrogen and oxygen atoms in total. The minimum absolute atomic E-state index is 0.391. The average Bonchev–Trinajstić information content (AvgIpc) is 3.10. The van der Waals surface area contributed by atoms with E-state index in [2.05, 4.69) is 24.3 Å². The minimum Gasteiger partial charge on any atom is -0.375 e. The summed E-state index contributed by atoms with van der Waals surface area (Å²) < 4.78 is 11.0. The number of fused-ring (bicyclic) bond motifs is 1. The third-order valence-electron chi connectivity index (χ3n) is 3.22. The highest BCUT2D eigenvalue weighted by Gasteiger charge is 2.25. The summed E-state index contributed by atoms with van der Waals surface area (Å²) in [5.74, 6) is 0. The molecule has 0 aromatic heterocycles. The predicted molar refractivity (Wildman–Crippen MR) is 57.9 cm³/mol. The Morgan fingerprint density at radius 1 is 1.27 bits per heavy atom. The highest BCUT2D eigenvalue weighted by Crippen LogP contribution is 2.23. The number of hydrogen-bond donors (Lipinski definition) is 0. The largest absolute Gasteiger partial charge is 0.375 e. The molecular formula is C13H16O2. The van der Waals surface area contributed by atoms with Crippen LogP contribution in [0.15, 0.2) is 24.3 Å². The molecular weight excluding hydrogens is 188 g/mol. The topological polar surface area (TPSA) is 21.8 Å². The van der Waals surface area contributed by atoms with Crippen LogP contribution in [-0.2, 0) is 22.3 Å². The second-order valence-corrected chi connectivity index (χ2v) is 4.42. The quantitative estimate of drug-likeness (QED) is 0.702. The first kappa shape index (κ1) is 9.37. The normalized spacial score (nSPS) is 28.5. The van der Waals surface area contributed by atoms with E-state index in [1.165, 1.54) is 11.1 Å². The van der Waals surface area contributed by atoms with Crippen molar-refractivity contribution >= 4 is 0 Å². The van der Waals surface area contributed by atoms with Crippen LogP contribution in [0.4, 0.5) is 0 Å². The van der Waals surface area contributed by atoms with Crippen molar-refractivity contribution in [2.75, 3.05) is 13.2 Å². The molecule has 1 aromatic rings. The second-order valence-electron chi connectivity index (χ2n) is 4.42. The fourth-order valence-corrected chi connectivity index (χ4v) is 2.21. The van der Waals surface area contributed by atoms with E-state index in [1.807, 2.05) is 0 Å². The second kappa shape index (κ2) is 3.95. The third kappa shape index (κ3) is 2.21. The summed E-state index contributed by atoms with van der Waals surface area (Å²) in [6.07, 6.45) is 4.19. The number of epoxide rings is 1. The number of rotatable bonds is 3. The Morgan fingerprint density at radius 3 is 2.87 bits per heavy atom. The molecule has 1 aromatic carbocycles. The fraction of sp³-hybridized carbons (Fsp3) is 0.538. The van der Waals surface area contributed by atoms with Crippen molar-refractivity contribution in [3.05, 3.63) is 35.4 Å². The first-order chi connectivity index (χ1) is 7.42. The maximum Gasteiger partial charge on any atom is 0.104 e. The number of ether oxygens (including phenoxy) is 2. The van der Waals surface area contributed by atoms with Gasteiger partial charge in [-0.3, -0.25) is 0 Å². The molecule has 0 spiro atoms. The summed E-state index contributed by atoms with van der Waals surface area (Å²) in [6, 6.07) is 8.69. The molecule has 3 rings (SSSR count). The van der Waals surface area contributed by atoms with Crippen LogP contribution in [0.2, 0.25) is 0 Å². The van der Waals surface area contributed by atoms with E-state index in [0.29, 0.717) is 12.2 Å². The third-order valence-corrected chi connectivity index (χ3v) is 3.22. The smallest absolute Gasteiger partial charge is 0.104 e. The molecule has 0 radical (unpaired) electrons. The summed E-state index contributed by atoms with van der Waals surface area (Å²) >= 11 is 0. The summed E-state index contributed by atoms with van der Waals surface area (Å²) in [6.45, 7) is 1.68. The SMILES string of the molecule is c1ccc2c(c1)CCC(OCC1CO1)C2. The van der Waals surface area contributed by atoms with Crippen LogP contribution in [0.1, 0.15) is 17.5 Å². The number of benzene rings is 1. The molecule has 2 unspecified atom stereocenters. The van der Waals surface area contributed by atoms with Crippen molar-refractivity contribution in [1.29, 1.82) is 0 Å². The molecule has 2 atom stereocenters. The van der Waals surface area contributed by atoms with Crippen molar-refractivity contribution in [3.8, 4) is 0 Å². The zero-order valence-electron chi connectivity index (χ0n) is 8.82. The minimum atomic E-state index is 0.391. The summed E-state index contributed by atoms with van der Waals surface area (Å²) in [7, 11) is 0. The Hall–Kier alpha value is -0.860. The monoisotopic (exact) mass is 204 g/mol.